The van der Waals surface area contributed by atoms with Gasteiger partial charge in [-0.1, -0.05) is 20.3 Å². The van der Waals surface area contributed by atoms with Crippen molar-refractivity contribution in [1.82, 2.24) is 10.2 Å². The molecule has 0 saturated heterocycles. The number of rotatable bonds is 13. The summed E-state index contributed by atoms with van der Waals surface area (Å²) in [5.41, 5.74) is -0.123. The number of hydrogen-bond acceptors (Lipinski definition) is 4. The van der Waals surface area contributed by atoms with Crippen molar-refractivity contribution in [3.63, 3.8) is 0 Å². The van der Waals surface area contributed by atoms with E-state index in [0.717, 1.165) is 39.1 Å². The molecule has 0 spiro atoms. The SMILES string of the molecule is CCNC(C)(CO)CCCCN(CCOC)C(C)CC. The van der Waals surface area contributed by atoms with E-state index in [4.69, 9.17) is 4.74 Å². The number of nitrogens with one attached hydrogen (secondary N) is 1. The van der Waals surface area contributed by atoms with Crippen molar-refractivity contribution in [1.29, 1.82) is 0 Å². The summed E-state index contributed by atoms with van der Waals surface area (Å²) in [5.74, 6) is 0. The van der Waals surface area contributed by atoms with Crippen LogP contribution in [0, 0.1) is 0 Å². The Kier molecular flexibility index (Phi) is 11.4. The molecule has 20 heavy (non-hydrogen) atoms. The van der Waals surface area contributed by atoms with Crippen LogP contribution in [0.2, 0.25) is 0 Å². The number of ether oxygens (including phenoxy) is 1. The normalized spacial score (nSPS) is 16.4. The molecule has 2 unspecified atom stereocenters. The number of aliphatic hydroxyl groups is 1. The fraction of sp³-hybridized carbons (Fsp3) is 1.00. The fourth-order valence-electron chi connectivity index (χ4n) is 2.50. The lowest BCUT2D eigenvalue weighted by atomic mass is 9.95. The summed E-state index contributed by atoms with van der Waals surface area (Å²) in [6, 6.07) is 0.614. The van der Waals surface area contributed by atoms with E-state index in [2.05, 4.69) is 37.9 Å². The zero-order valence-corrected chi connectivity index (χ0v) is 14.2. The van der Waals surface area contributed by atoms with Crippen molar-refractivity contribution >= 4 is 0 Å². The van der Waals surface area contributed by atoms with E-state index < -0.39 is 0 Å². The van der Waals surface area contributed by atoms with Gasteiger partial charge < -0.3 is 15.2 Å². The van der Waals surface area contributed by atoms with Gasteiger partial charge in [0.1, 0.15) is 0 Å². The van der Waals surface area contributed by atoms with Gasteiger partial charge in [0.2, 0.25) is 0 Å². The van der Waals surface area contributed by atoms with E-state index in [1.807, 2.05) is 0 Å². The number of likely N-dealkylation sites (N-methyl/N-ethyl adjacent to an activating group) is 1. The van der Waals surface area contributed by atoms with Crippen LogP contribution >= 0.6 is 0 Å². The smallest absolute Gasteiger partial charge is 0.0610 e. The first-order chi connectivity index (χ1) is 9.52. The van der Waals surface area contributed by atoms with E-state index >= 15 is 0 Å². The van der Waals surface area contributed by atoms with E-state index in [9.17, 15) is 5.11 Å². The number of aliphatic hydroxyl groups excluding tert-OH is 1. The highest BCUT2D eigenvalue weighted by Crippen LogP contribution is 2.14. The number of unbranched alkanes of at least 4 members (excludes halogenated alkanes) is 1. The minimum atomic E-state index is -0.123. The molecule has 0 aromatic rings. The Labute approximate surface area is 125 Å². The minimum absolute atomic E-state index is 0.123. The molecule has 0 aliphatic carbocycles. The zero-order valence-electron chi connectivity index (χ0n) is 14.2. The molecule has 2 atom stereocenters. The second-order valence-electron chi connectivity index (χ2n) is 5.99. The van der Waals surface area contributed by atoms with Gasteiger partial charge in [-0.05, 0) is 46.2 Å². The minimum Gasteiger partial charge on any atom is -0.394 e. The second-order valence-corrected chi connectivity index (χ2v) is 5.99. The topological polar surface area (TPSA) is 44.7 Å². The van der Waals surface area contributed by atoms with Crippen molar-refractivity contribution < 1.29 is 9.84 Å². The largest absolute Gasteiger partial charge is 0.394 e. The summed E-state index contributed by atoms with van der Waals surface area (Å²) in [5, 5.41) is 12.9. The zero-order chi connectivity index (χ0) is 15.4. The van der Waals surface area contributed by atoms with E-state index in [-0.39, 0.29) is 12.1 Å². The van der Waals surface area contributed by atoms with Gasteiger partial charge in [0.15, 0.2) is 0 Å². The first kappa shape index (κ1) is 19.8. The summed E-state index contributed by atoms with van der Waals surface area (Å²) in [6.45, 7) is 12.8. The lowest BCUT2D eigenvalue weighted by Gasteiger charge is -2.30. The van der Waals surface area contributed by atoms with Gasteiger partial charge in [0.25, 0.3) is 0 Å². The maximum atomic E-state index is 9.48. The first-order valence-corrected chi connectivity index (χ1v) is 8.11. The van der Waals surface area contributed by atoms with Gasteiger partial charge in [-0.25, -0.2) is 0 Å². The van der Waals surface area contributed by atoms with Gasteiger partial charge in [0, 0.05) is 25.2 Å². The molecule has 0 aromatic carbocycles. The number of hydrogen-bond donors (Lipinski definition) is 2. The summed E-state index contributed by atoms with van der Waals surface area (Å²) < 4.78 is 5.19. The Morgan fingerprint density at radius 1 is 1.25 bits per heavy atom. The maximum Gasteiger partial charge on any atom is 0.0610 e. The van der Waals surface area contributed by atoms with Crippen LogP contribution in [0.15, 0.2) is 0 Å². The molecule has 0 aromatic heterocycles. The van der Waals surface area contributed by atoms with Crippen LogP contribution in [-0.2, 0) is 4.74 Å². The maximum absolute atomic E-state index is 9.48. The number of nitrogens with zero attached hydrogens (tertiary/aromatic N) is 1. The van der Waals surface area contributed by atoms with Gasteiger partial charge >= 0.3 is 0 Å². The second kappa shape index (κ2) is 11.5. The Balaban J connectivity index is 4.03. The monoisotopic (exact) mass is 288 g/mol. The molecule has 0 amide bonds. The van der Waals surface area contributed by atoms with Crippen LogP contribution in [-0.4, -0.2) is 61.5 Å². The third kappa shape index (κ3) is 8.20. The average Bonchev–Trinajstić information content (AvgIpc) is 2.46. The van der Waals surface area contributed by atoms with E-state index in [1.165, 1.54) is 12.8 Å². The Morgan fingerprint density at radius 3 is 2.45 bits per heavy atom. The lowest BCUT2D eigenvalue weighted by molar-refractivity contribution is 0.118. The van der Waals surface area contributed by atoms with Crippen LogP contribution in [0.5, 0.6) is 0 Å². The Morgan fingerprint density at radius 2 is 1.95 bits per heavy atom. The fourth-order valence-corrected chi connectivity index (χ4v) is 2.50. The summed E-state index contributed by atoms with van der Waals surface area (Å²) in [4.78, 5) is 2.51. The molecule has 0 aliphatic rings. The molecular formula is C16H36N2O2. The molecule has 0 fully saturated rings. The van der Waals surface area contributed by atoms with Gasteiger partial charge in [-0.15, -0.1) is 0 Å². The summed E-state index contributed by atoms with van der Waals surface area (Å²) >= 11 is 0. The van der Waals surface area contributed by atoms with Crippen molar-refractivity contribution in [2.24, 2.45) is 0 Å². The molecule has 0 aliphatic heterocycles. The van der Waals surface area contributed by atoms with Crippen LogP contribution in [0.1, 0.15) is 53.4 Å². The molecule has 2 N–H and O–H groups in total. The van der Waals surface area contributed by atoms with E-state index in [1.54, 1.807) is 7.11 Å². The average molecular weight is 288 g/mol. The van der Waals surface area contributed by atoms with Gasteiger partial charge in [0.05, 0.1) is 13.2 Å². The van der Waals surface area contributed by atoms with Crippen LogP contribution in [0.4, 0.5) is 0 Å². The van der Waals surface area contributed by atoms with E-state index in [0.29, 0.717) is 6.04 Å². The van der Waals surface area contributed by atoms with Crippen LogP contribution in [0.3, 0.4) is 0 Å². The first-order valence-electron chi connectivity index (χ1n) is 8.11. The molecule has 0 bridgehead atoms. The highest BCUT2D eigenvalue weighted by atomic mass is 16.5. The van der Waals surface area contributed by atoms with Crippen molar-refractivity contribution in [3.05, 3.63) is 0 Å². The molecule has 0 saturated carbocycles. The van der Waals surface area contributed by atoms with Gasteiger partial charge in [-0.3, -0.25) is 4.90 Å². The summed E-state index contributed by atoms with van der Waals surface area (Å²) in [7, 11) is 1.76. The Hall–Kier alpha value is -0.160. The Bertz CT molecular complexity index is 227. The van der Waals surface area contributed by atoms with Crippen molar-refractivity contribution in [2.75, 3.05) is 40.0 Å². The molecule has 0 heterocycles. The highest BCUT2D eigenvalue weighted by Gasteiger charge is 2.21. The third-order valence-electron chi connectivity index (χ3n) is 4.17. The predicted octanol–water partition coefficient (Wildman–Crippen LogP) is 2.26. The van der Waals surface area contributed by atoms with Gasteiger partial charge in [-0.2, -0.15) is 0 Å². The molecular weight excluding hydrogens is 252 g/mol. The molecule has 4 heteroatoms. The molecule has 0 radical (unpaired) electrons. The third-order valence-corrected chi connectivity index (χ3v) is 4.17. The highest BCUT2D eigenvalue weighted by molar-refractivity contribution is 4.81. The predicted molar refractivity (Wildman–Crippen MR) is 86.2 cm³/mol. The van der Waals surface area contributed by atoms with Crippen molar-refractivity contribution in [3.8, 4) is 0 Å². The van der Waals surface area contributed by atoms with Crippen molar-refractivity contribution in [2.45, 2.75) is 65.0 Å². The lowest BCUT2D eigenvalue weighted by Crippen LogP contribution is -2.45. The standard InChI is InChI=1S/C16H36N2O2/c1-6-15(3)18(12-13-20-5)11-9-8-10-16(4,14-19)17-7-2/h15,17,19H,6-14H2,1-5H3. The summed E-state index contributed by atoms with van der Waals surface area (Å²) in [6.07, 6.45) is 4.52. The molecule has 0 rings (SSSR count). The molecule has 122 valence electrons. The van der Waals surface area contributed by atoms with Crippen LogP contribution < -0.4 is 5.32 Å². The quantitative estimate of drug-likeness (QED) is 0.510. The number of methoxy groups -OCH3 is 1. The molecule has 4 nitrogen and oxygen atoms in total. The van der Waals surface area contributed by atoms with Crippen LogP contribution in [0.25, 0.3) is 0 Å².